The number of rotatable bonds is 2. The fourth-order valence-corrected chi connectivity index (χ4v) is 2.51. The third-order valence-corrected chi connectivity index (χ3v) is 3.89. The van der Waals surface area contributed by atoms with Gasteiger partial charge in [0.1, 0.15) is 11.5 Å². The smallest absolute Gasteiger partial charge is 0.115 e. The Morgan fingerprint density at radius 2 is 0.683 bits per heavy atom. The van der Waals surface area contributed by atoms with Crippen molar-refractivity contribution in [2.45, 2.75) is 90.0 Å². The molecule has 0 atom stereocenters. The Labute approximate surface area is 255 Å². The Kier molecular flexibility index (Phi) is 65.1. The standard InChI is InChI=1S/C10H8.C9H12O.C6H6O.4C2H6.2CH4O.2CH4/c1-2-6-10-8-4-3-7-9(10)5-1;1-2-3-8-4-6-9(10)7-5-8;7-6-4-2-1-3-5-6;6*1-2;;/h1-8H;4-7,10H,2-3H2,1H3;1-5,7H;4*1-2H3;2*2H,1H3;2*1H4. The molecule has 4 aromatic carbocycles. The lowest BCUT2D eigenvalue weighted by Crippen LogP contribution is -1.79. The van der Waals surface area contributed by atoms with Crippen molar-refractivity contribution in [2.24, 2.45) is 0 Å². The highest BCUT2D eigenvalue weighted by molar-refractivity contribution is 5.82. The van der Waals surface area contributed by atoms with Crippen LogP contribution >= 0.6 is 0 Å². The zero-order valence-corrected chi connectivity index (χ0v) is 26.5. The molecule has 238 valence electrons. The fourth-order valence-electron chi connectivity index (χ4n) is 2.51. The number of aliphatic hydroxyl groups excluding tert-OH is 2. The highest BCUT2D eigenvalue weighted by Gasteiger charge is 1.89. The van der Waals surface area contributed by atoms with Gasteiger partial charge in [-0.3, -0.25) is 0 Å². The molecule has 4 rings (SSSR count). The van der Waals surface area contributed by atoms with Crippen LogP contribution < -0.4 is 0 Å². The van der Waals surface area contributed by atoms with Gasteiger partial charge in [0.2, 0.25) is 0 Å². The third-order valence-electron chi connectivity index (χ3n) is 3.89. The van der Waals surface area contributed by atoms with Gasteiger partial charge in [-0.1, -0.05) is 162 Å². The van der Waals surface area contributed by atoms with E-state index in [4.69, 9.17) is 20.4 Å². The van der Waals surface area contributed by atoms with E-state index < -0.39 is 0 Å². The van der Waals surface area contributed by atoms with Crippen molar-refractivity contribution in [3.05, 3.63) is 109 Å². The number of benzene rings is 4. The van der Waals surface area contributed by atoms with E-state index in [1.54, 1.807) is 36.4 Å². The Morgan fingerprint density at radius 1 is 0.415 bits per heavy atom. The van der Waals surface area contributed by atoms with Crippen molar-refractivity contribution < 1.29 is 20.4 Å². The first-order valence-electron chi connectivity index (χ1n) is 14.0. The molecule has 0 aliphatic carbocycles. The number of hydrogen-bond donors (Lipinski definition) is 4. The zero-order chi connectivity index (χ0) is 31.3. The average molecular weight is 575 g/mol. The van der Waals surface area contributed by atoms with Gasteiger partial charge in [-0.25, -0.2) is 0 Å². The Bertz CT molecular complexity index is 843. The number of aliphatic hydroxyl groups is 2. The van der Waals surface area contributed by atoms with Gasteiger partial charge in [0.15, 0.2) is 0 Å². The van der Waals surface area contributed by atoms with Crippen LogP contribution in [0.3, 0.4) is 0 Å². The topological polar surface area (TPSA) is 80.9 Å². The van der Waals surface area contributed by atoms with E-state index in [2.05, 4.69) is 55.5 Å². The number of aromatic hydroxyl groups is 2. The molecule has 0 fully saturated rings. The van der Waals surface area contributed by atoms with Gasteiger partial charge in [0.25, 0.3) is 0 Å². The van der Waals surface area contributed by atoms with Crippen LogP contribution in [0.25, 0.3) is 10.8 Å². The minimum atomic E-state index is 0. The van der Waals surface area contributed by atoms with Gasteiger partial charge in [0, 0.05) is 14.2 Å². The van der Waals surface area contributed by atoms with Gasteiger partial charge in [0.05, 0.1) is 0 Å². The summed E-state index contributed by atoms with van der Waals surface area (Å²) in [5.41, 5.74) is 1.29. The molecule has 0 saturated carbocycles. The Balaban J connectivity index is -0.0000000705. The second-order valence-corrected chi connectivity index (χ2v) is 6.10. The van der Waals surface area contributed by atoms with Crippen LogP contribution in [-0.4, -0.2) is 34.6 Å². The predicted octanol–water partition coefficient (Wildman–Crippen LogP) is 11.2. The minimum Gasteiger partial charge on any atom is -0.508 e. The van der Waals surface area contributed by atoms with Crippen molar-refractivity contribution in [2.75, 3.05) is 14.2 Å². The van der Waals surface area contributed by atoms with Crippen LogP contribution in [-0.2, 0) is 6.42 Å². The van der Waals surface area contributed by atoms with Gasteiger partial charge < -0.3 is 20.4 Å². The second-order valence-electron chi connectivity index (χ2n) is 6.10. The lowest BCUT2D eigenvalue weighted by atomic mass is 10.1. The van der Waals surface area contributed by atoms with Gasteiger partial charge >= 0.3 is 0 Å². The summed E-state index contributed by atoms with van der Waals surface area (Å²) in [4.78, 5) is 0. The summed E-state index contributed by atoms with van der Waals surface area (Å²) in [6, 6.07) is 32.8. The molecule has 4 N–H and O–H groups in total. The highest BCUT2D eigenvalue weighted by atomic mass is 16.3. The van der Waals surface area contributed by atoms with E-state index in [0.29, 0.717) is 11.5 Å². The molecule has 41 heavy (non-hydrogen) atoms. The molecule has 0 aliphatic rings. The van der Waals surface area contributed by atoms with Gasteiger partial charge in [-0.05, 0) is 47.0 Å². The van der Waals surface area contributed by atoms with Crippen LogP contribution in [0.1, 0.15) is 89.2 Å². The lowest BCUT2D eigenvalue weighted by molar-refractivity contribution is 0.399. The molecule has 0 heterocycles. The van der Waals surface area contributed by atoms with E-state index in [9.17, 15) is 0 Å². The minimum absolute atomic E-state index is 0. The molecule has 0 saturated heterocycles. The maximum Gasteiger partial charge on any atom is 0.115 e. The lowest BCUT2D eigenvalue weighted by Gasteiger charge is -1.96. The van der Waals surface area contributed by atoms with E-state index in [0.717, 1.165) is 27.1 Å². The average Bonchev–Trinajstić information content (AvgIpc) is 3.05. The summed E-state index contributed by atoms with van der Waals surface area (Å²) < 4.78 is 0. The molecule has 0 aromatic heterocycles. The highest BCUT2D eigenvalue weighted by Crippen LogP contribution is 2.11. The molecular weight excluding hydrogens is 508 g/mol. The number of phenolic OH excluding ortho intramolecular Hbond substituents is 2. The largest absolute Gasteiger partial charge is 0.508 e. The molecule has 0 radical (unpaired) electrons. The number of hydrogen-bond acceptors (Lipinski definition) is 4. The van der Waals surface area contributed by atoms with Crippen LogP contribution in [0.2, 0.25) is 0 Å². The Morgan fingerprint density at radius 3 is 0.927 bits per heavy atom. The molecule has 0 bridgehead atoms. The summed E-state index contributed by atoms with van der Waals surface area (Å²) >= 11 is 0. The molecule has 4 aromatic rings. The number of phenols is 2. The first-order valence-corrected chi connectivity index (χ1v) is 14.0. The van der Waals surface area contributed by atoms with Crippen molar-refractivity contribution >= 4 is 10.8 Å². The number of aryl methyl sites for hydroxylation is 1. The van der Waals surface area contributed by atoms with Gasteiger partial charge in [-0.15, -0.1) is 0 Å². The third kappa shape index (κ3) is 34.6. The summed E-state index contributed by atoms with van der Waals surface area (Å²) in [7, 11) is 2.00. The van der Waals surface area contributed by atoms with Crippen molar-refractivity contribution in [1.82, 2.24) is 0 Å². The van der Waals surface area contributed by atoms with E-state index in [-0.39, 0.29) is 14.9 Å². The summed E-state index contributed by atoms with van der Waals surface area (Å²) in [5, 5.41) is 34.2. The number of para-hydroxylation sites is 1. The summed E-state index contributed by atoms with van der Waals surface area (Å²) in [5.74, 6) is 0.669. The predicted molar refractivity (Wildman–Crippen MR) is 189 cm³/mol. The first-order chi connectivity index (χ1) is 19.2. The van der Waals surface area contributed by atoms with E-state index in [1.807, 2.05) is 73.6 Å². The molecule has 0 amide bonds. The molecular formula is C37H66O4. The quantitative estimate of drug-likeness (QED) is 0.192. The molecule has 0 spiro atoms. The molecule has 0 aliphatic heterocycles. The first kappa shape index (κ1) is 53.8. The van der Waals surface area contributed by atoms with E-state index >= 15 is 0 Å². The summed E-state index contributed by atoms with van der Waals surface area (Å²) in [6.45, 7) is 18.1. The maximum absolute atomic E-state index is 8.92. The molecule has 0 unspecified atom stereocenters. The zero-order valence-electron chi connectivity index (χ0n) is 26.5. The van der Waals surface area contributed by atoms with Crippen molar-refractivity contribution in [3.63, 3.8) is 0 Å². The Hall–Kier alpha value is -3.34. The normalized spacial score (nSPS) is 7.15. The van der Waals surface area contributed by atoms with Crippen LogP contribution in [0.15, 0.2) is 103 Å². The van der Waals surface area contributed by atoms with Crippen molar-refractivity contribution in [1.29, 1.82) is 0 Å². The van der Waals surface area contributed by atoms with Crippen LogP contribution in [0.4, 0.5) is 0 Å². The van der Waals surface area contributed by atoms with Gasteiger partial charge in [-0.2, -0.15) is 0 Å². The SMILES string of the molecule is C.C.CC.CC.CC.CC.CCCc1ccc(O)cc1.CO.CO.Oc1ccccc1.c1ccc2ccccc2c1. The second kappa shape index (κ2) is 49.6. The van der Waals surface area contributed by atoms with Crippen molar-refractivity contribution in [3.8, 4) is 11.5 Å². The number of fused-ring (bicyclic) bond motifs is 1. The van der Waals surface area contributed by atoms with Crippen LogP contribution in [0.5, 0.6) is 11.5 Å². The van der Waals surface area contributed by atoms with E-state index in [1.165, 1.54) is 16.3 Å². The molecule has 4 heteroatoms. The fraction of sp³-hybridized carbons (Fsp3) is 0.405. The van der Waals surface area contributed by atoms with Crippen LogP contribution in [0, 0.1) is 0 Å². The molecule has 4 nitrogen and oxygen atoms in total. The maximum atomic E-state index is 8.92. The summed E-state index contributed by atoms with van der Waals surface area (Å²) in [6.07, 6.45) is 2.26. The monoisotopic (exact) mass is 574 g/mol.